The fourth-order valence-electron chi connectivity index (χ4n) is 1.44. The van der Waals surface area contributed by atoms with Crippen molar-refractivity contribution in [1.29, 1.82) is 0 Å². The minimum absolute atomic E-state index is 0. The van der Waals surface area contributed by atoms with Gasteiger partial charge in [-0.3, -0.25) is 0 Å². The van der Waals surface area contributed by atoms with Crippen LogP contribution in [-0.2, 0) is 6.54 Å². The number of rotatable bonds is 4. The van der Waals surface area contributed by atoms with Crippen molar-refractivity contribution < 1.29 is 14.8 Å². The molecule has 0 aliphatic carbocycles. The van der Waals surface area contributed by atoms with E-state index in [-0.39, 0.29) is 12.4 Å². The molecule has 2 N–H and O–H groups in total. The van der Waals surface area contributed by atoms with Gasteiger partial charge in [-0.1, -0.05) is 6.07 Å². The van der Waals surface area contributed by atoms with Crippen LogP contribution in [0.5, 0.6) is 5.75 Å². The van der Waals surface area contributed by atoms with Crippen LogP contribution in [0, 0.1) is 0 Å². The normalized spacial score (nSPS) is 9.88. The van der Waals surface area contributed by atoms with E-state index in [0.29, 0.717) is 12.0 Å². The smallest absolute Gasteiger partial charge is 0.488 e. The van der Waals surface area contributed by atoms with Gasteiger partial charge in [-0.15, -0.1) is 12.4 Å². The number of hydrogen-bond acceptors (Lipinski definition) is 4. The first-order valence-electron chi connectivity index (χ1n) is 4.72. The minimum atomic E-state index is -1.44. The van der Waals surface area contributed by atoms with E-state index < -0.39 is 7.12 Å². The van der Waals surface area contributed by atoms with E-state index in [4.69, 9.17) is 4.74 Å². The van der Waals surface area contributed by atoms with Gasteiger partial charge in [0.25, 0.3) is 0 Å². The van der Waals surface area contributed by atoms with E-state index in [2.05, 4.69) is 0 Å². The minimum Gasteiger partial charge on any atom is -0.497 e. The Morgan fingerprint density at radius 3 is 2.38 bits per heavy atom. The first kappa shape index (κ1) is 15.3. The monoisotopic (exact) mass is 245 g/mol. The standard InChI is InChI=1S/C10H16BNO3.ClH/c1-12(2)7-8-6-9(15-3)4-5-10(8)11(13)14;/h4-6,13-14H,7H2,1-3H3;1H. The van der Waals surface area contributed by atoms with Crippen LogP contribution in [0.1, 0.15) is 5.56 Å². The summed E-state index contributed by atoms with van der Waals surface area (Å²) in [5, 5.41) is 18.4. The predicted molar refractivity (Wildman–Crippen MR) is 67.5 cm³/mol. The average Bonchev–Trinajstić information content (AvgIpc) is 2.16. The summed E-state index contributed by atoms with van der Waals surface area (Å²) in [5.41, 5.74) is 1.37. The molecule has 0 bridgehead atoms. The van der Waals surface area contributed by atoms with Crippen LogP contribution in [0.3, 0.4) is 0 Å². The highest BCUT2D eigenvalue weighted by Crippen LogP contribution is 2.12. The Kier molecular flexibility index (Phi) is 6.44. The molecule has 6 heteroatoms. The maximum absolute atomic E-state index is 9.18. The molecule has 0 saturated heterocycles. The summed E-state index contributed by atoms with van der Waals surface area (Å²) in [6.45, 7) is 0.643. The van der Waals surface area contributed by atoms with Crippen LogP contribution in [0.2, 0.25) is 0 Å². The third-order valence-corrected chi connectivity index (χ3v) is 2.11. The largest absolute Gasteiger partial charge is 0.497 e. The van der Waals surface area contributed by atoms with Gasteiger partial charge < -0.3 is 19.7 Å². The first-order valence-corrected chi connectivity index (χ1v) is 4.72. The molecule has 0 heterocycles. The molecular weight excluding hydrogens is 228 g/mol. The molecule has 0 spiro atoms. The zero-order valence-electron chi connectivity index (χ0n) is 9.67. The van der Waals surface area contributed by atoms with Crippen molar-refractivity contribution in [2.45, 2.75) is 6.54 Å². The van der Waals surface area contributed by atoms with Crippen molar-refractivity contribution in [2.24, 2.45) is 0 Å². The number of hydrogen-bond donors (Lipinski definition) is 2. The molecule has 4 nitrogen and oxygen atoms in total. The first-order chi connectivity index (χ1) is 7.04. The number of benzene rings is 1. The molecule has 0 atom stereocenters. The molecule has 0 aliphatic rings. The lowest BCUT2D eigenvalue weighted by atomic mass is 9.77. The Labute approximate surface area is 102 Å². The van der Waals surface area contributed by atoms with E-state index in [1.165, 1.54) is 0 Å². The average molecular weight is 246 g/mol. The molecule has 1 aromatic rings. The second kappa shape index (κ2) is 6.76. The quantitative estimate of drug-likeness (QED) is 0.725. The van der Waals surface area contributed by atoms with Gasteiger partial charge >= 0.3 is 7.12 Å². The van der Waals surface area contributed by atoms with Crippen LogP contribution in [0.15, 0.2) is 18.2 Å². The summed E-state index contributed by atoms with van der Waals surface area (Å²) in [7, 11) is 4.00. The SMILES string of the molecule is COc1ccc(B(O)O)c(CN(C)C)c1.Cl. The highest BCUT2D eigenvalue weighted by Gasteiger charge is 2.16. The van der Waals surface area contributed by atoms with Crippen molar-refractivity contribution in [3.63, 3.8) is 0 Å². The molecule has 0 unspecified atom stereocenters. The summed E-state index contributed by atoms with van der Waals surface area (Å²) < 4.78 is 5.09. The van der Waals surface area contributed by atoms with Gasteiger partial charge in [0.2, 0.25) is 0 Å². The number of ether oxygens (including phenoxy) is 1. The Morgan fingerprint density at radius 2 is 1.94 bits per heavy atom. The van der Waals surface area contributed by atoms with E-state index in [1.807, 2.05) is 25.1 Å². The van der Waals surface area contributed by atoms with E-state index in [9.17, 15) is 10.0 Å². The topological polar surface area (TPSA) is 52.9 Å². The Balaban J connectivity index is 0.00000225. The fourth-order valence-corrected chi connectivity index (χ4v) is 1.44. The van der Waals surface area contributed by atoms with E-state index >= 15 is 0 Å². The Morgan fingerprint density at radius 1 is 1.31 bits per heavy atom. The summed E-state index contributed by atoms with van der Waals surface area (Å²) in [4.78, 5) is 1.96. The molecule has 0 aromatic heterocycles. The Hall–Kier alpha value is -0.745. The predicted octanol–water partition coefficient (Wildman–Crippen LogP) is -0.142. The lowest BCUT2D eigenvalue weighted by Gasteiger charge is -2.15. The second-order valence-electron chi connectivity index (χ2n) is 3.68. The molecular formula is C10H17BClNO3. The van der Waals surface area contributed by atoms with Crippen LogP contribution >= 0.6 is 12.4 Å². The molecule has 16 heavy (non-hydrogen) atoms. The highest BCUT2D eigenvalue weighted by molar-refractivity contribution is 6.59. The number of halogens is 1. The maximum Gasteiger partial charge on any atom is 0.488 e. The van der Waals surface area contributed by atoms with E-state index in [1.54, 1.807) is 19.2 Å². The van der Waals surface area contributed by atoms with Crippen molar-refractivity contribution in [2.75, 3.05) is 21.2 Å². The van der Waals surface area contributed by atoms with Crippen LogP contribution < -0.4 is 10.2 Å². The molecule has 0 fully saturated rings. The van der Waals surface area contributed by atoms with E-state index in [0.717, 1.165) is 11.3 Å². The van der Waals surface area contributed by atoms with Crippen LogP contribution in [-0.4, -0.2) is 43.3 Å². The lowest BCUT2D eigenvalue weighted by molar-refractivity contribution is 0.393. The van der Waals surface area contributed by atoms with Gasteiger partial charge in [-0.05, 0) is 37.3 Å². The highest BCUT2D eigenvalue weighted by atomic mass is 35.5. The lowest BCUT2D eigenvalue weighted by Crippen LogP contribution is -2.34. The van der Waals surface area contributed by atoms with Crippen molar-refractivity contribution in [3.8, 4) is 5.75 Å². The number of methoxy groups -OCH3 is 1. The van der Waals surface area contributed by atoms with Gasteiger partial charge in [0.1, 0.15) is 5.75 Å². The summed E-state index contributed by atoms with van der Waals surface area (Å²) in [6.07, 6.45) is 0. The fraction of sp³-hybridized carbons (Fsp3) is 0.400. The van der Waals surface area contributed by atoms with Crippen molar-refractivity contribution in [3.05, 3.63) is 23.8 Å². The van der Waals surface area contributed by atoms with Crippen LogP contribution in [0.4, 0.5) is 0 Å². The third-order valence-electron chi connectivity index (χ3n) is 2.11. The molecule has 0 radical (unpaired) electrons. The van der Waals surface area contributed by atoms with Gasteiger partial charge in [0.05, 0.1) is 7.11 Å². The van der Waals surface area contributed by atoms with Crippen LogP contribution in [0.25, 0.3) is 0 Å². The van der Waals surface area contributed by atoms with Crippen molar-refractivity contribution in [1.82, 2.24) is 4.90 Å². The summed E-state index contributed by atoms with van der Waals surface area (Å²) >= 11 is 0. The third kappa shape index (κ3) is 4.02. The molecule has 0 aliphatic heterocycles. The molecule has 0 amide bonds. The zero-order chi connectivity index (χ0) is 11.4. The molecule has 0 saturated carbocycles. The second-order valence-corrected chi connectivity index (χ2v) is 3.68. The van der Waals surface area contributed by atoms with Gasteiger partial charge in [-0.25, -0.2) is 0 Å². The Bertz CT molecular complexity index is 334. The van der Waals surface area contributed by atoms with Gasteiger partial charge in [0.15, 0.2) is 0 Å². The maximum atomic E-state index is 9.18. The van der Waals surface area contributed by atoms with Gasteiger partial charge in [-0.2, -0.15) is 0 Å². The van der Waals surface area contributed by atoms with Gasteiger partial charge in [0, 0.05) is 6.54 Å². The molecule has 90 valence electrons. The summed E-state index contributed by atoms with van der Waals surface area (Å²) in [5.74, 6) is 0.719. The zero-order valence-corrected chi connectivity index (χ0v) is 10.5. The summed E-state index contributed by atoms with van der Waals surface area (Å²) in [6, 6.07) is 5.20. The number of nitrogens with zero attached hydrogens (tertiary/aromatic N) is 1. The molecule has 1 rings (SSSR count). The molecule has 1 aromatic carbocycles. The van der Waals surface area contributed by atoms with Crippen molar-refractivity contribution >= 4 is 25.0 Å².